The van der Waals surface area contributed by atoms with Gasteiger partial charge in [-0.1, -0.05) is 23.7 Å². The van der Waals surface area contributed by atoms with Gasteiger partial charge in [-0.3, -0.25) is 0 Å². The molecule has 0 atom stereocenters. The number of azo groups is 1. The highest BCUT2D eigenvalue weighted by molar-refractivity contribution is 7.89. The van der Waals surface area contributed by atoms with Gasteiger partial charge in [0.2, 0.25) is 10.0 Å². The molecule has 11 nitrogen and oxygen atoms in total. The summed E-state index contributed by atoms with van der Waals surface area (Å²) < 4.78 is 24.0. The minimum atomic E-state index is -3.82. The predicted molar refractivity (Wildman–Crippen MR) is 119 cm³/mol. The zero-order valence-electron chi connectivity index (χ0n) is 16.1. The molecule has 0 saturated carbocycles. The van der Waals surface area contributed by atoms with E-state index in [1.165, 1.54) is 28.8 Å². The largest absolute Gasteiger partial charge is 0.382 e. The maximum absolute atomic E-state index is 11.4. The smallest absolute Gasteiger partial charge is 0.238 e. The summed E-state index contributed by atoms with van der Waals surface area (Å²) >= 11 is 5.95. The lowest BCUT2D eigenvalue weighted by atomic mass is 10.1. The van der Waals surface area contributed by atoms with Gasteiger partial charge in [-0.05, 0) is 36.4 Å². The highest BCUT2D eigenvalue weighted by Gasteiger charge is 2.20. The Morgan fingerprint density at radius 1 is 1.03 bits per heavy atom. The standard InChI is InChI=1S/C19H14ClN9O2S/c20-11-3-1-10(2-4-11)15-14(9-21)18(23)29-19(25-15)16(17(22)28-29)27-26-12-5-7-13(8-6-12)32(24,30)31/h1-8H,23H2,(H2,22,28)(H2,24,30,31). The molecule has 0 bridgehead atoms. The SMILES string of the molecule is N#Cc1c(-c2ccc(Cl)cc2)nc2c(N=Nc3ccc(S(N)(=O)=O)cc3)c(N)nn2c1N. The minimum Gasteiger partial charge on any atom is -0.382 e. The lowest BCUT2D eigenvalue weighted by Crippen LogP contribution is -2.11. The predicted octanol–water partition coefficient (Wildman–Crippen LogP) is 3.15. The van der Waals surface area contributed by atoms with Crippen LogP contribution in [-0.2, 0) is 10.0 Å². The third kappa shape index (κ3) is 3.83. The van der Waals surface area contributed by atoms with Crippen molar-refractivity contribution in [3.63, 3.8) is 0 Å². The van der Waals surface area contributed by atoms with E-state index in [1.807, 2.05) is 6.07 Å². The van der Waals surface area contributed by atoms with Crippen molar-refractivity contribution < 1.29 is 8.42 Å². The second kappa shape index (κ2) is 7.89. The van der Waals surface area contributed by atoms with E-state index in [9.17, 15) is 13.7 Å². The highest BCUT2D eigenvalue weighted by atomic mass is 35.5. The van der Waals surface area contributed by atoms with Crippen LogP contribution >= 0.6 is 11.6 Å². The first-order chi connectivity index (χ1) is 15.2. The monoisotopic (exact) mass is 467 g/mol. The van der Waals surface area contributed by atoms with E-state index >= 15 is 0 Å². The molecular weight excluding hydrogens is 454 g/mol. The van der Waals surface area contributed by atoms with Gasteiger partial charge in [-0.25, -0.2) is 18.5 Å². The zero-order valence-corrected chi connectivity index (χ0v) is 17.7. The molecule has 2 heterocycles. The molecule has 0 aliphatic rings. The number of anilines is 2. The number of nitrogen functional groups attached to an aromatic ring is 2. The van der Waals surface area contributed by atoms with Crippen LogP contribution in [0.25, 0.3) is 16.9 Å². The maximum atomic E-state index is 11.4. The Kier molecular flexibility index (Phi) is 5.23. The quantitative estimate of drug-likeness (QED) is 0.383. The first kappa shape index (κ1) is 21.2. The Hall–Kier alpha value is -4.05. The van der Waals surface area contributed by atoms with Gasteiger partial charge >= 0.3 is 0 Å². The number of primary sulfonamides is 1. The van der Waals surface area contributed by atoms with Gasteiger partial charge < -0.3 is 11.5 Å². The average molecular weight is 468 g/mol. The summed E-state index contributed by atoms with van der Waals surface area (Å²) in [6.07, 6.45) is 0. The molecule has 2 aromatic heterocycles. The molecule has 0 aliphatic heterocycles. The molecule has 0 spiro atoms. The van der Waals surface area contributed by atoms with E-state index in [2.05, 4.69) is 20.3 Å². The van der Waals surface area contributed by atoms with E-state index in [4.69, 9.17) is 28.2 Å². The van der Waals surface area contributed by atoms with Crippen LogP contribution in [0.15, 0.2) is 63.7 Å². The van der Waals surface area contributed by atoms with Crippen LogP contribution in [0.4, 0.5) is 23.0 Å². The minimum absolute atomic E-state index is 0.00810. The molecule has 4 aromatic rings. The molecule has 0 aliphatic carbocycles. The van der Waals surface area contributed by atoms with Crippen molar-refractivity contribution >= 4 is 50.3 Å². The van der Waals surface area contributed by atoms with Crippen LogP contribution in [0.2, 0.25) is 5.02 Å². The summed E-state index contributed by atoms with van der Waals surface area (Å²) in [6.45, 7) is 0. The van der Waals surface area contributed by atoms with Gasteiger partial charge in [-0.15, -0.1) is 10.2 Å². The molecule has 0 amide bonds. The van der Waals surface area contributed by atoms with E-state index in [-0.39, 0.29) is 33.4 Å². The van der Waals surface area contributed by atoms with Crippen LogP contribution in [0.5, 0.6) is 0 Å². The topological polar surface area (TPSA) is 191 Å². The second-order valence-electron chi connectivity index (χ2n) is 6.55. The lowest BCUT2D eigenvalue weighted by molar-refractivity contribution is 0.598. The summed E-state index contributed by atoms with van der Waals surface area (Å²) in [5.74, 6) is 0.0272. The third-order valence-corrected chi connectivity index (χ3v) is 5.64. The summed E-state index contributed by atoms with van der Waals surface area (Å²) in [5.41, 5.74) is 13.8. The normalized spacial score (nSPS) is 11.8. The summed E-state index contributed by atoms with van der Waals surface area (Å²) in [5, 5.41) is 27.5. The number of aromatic nitrogens is 3. The molecule has 160 valence electrons. The second-order valence-corrected chi connectivity index (χ2v) is 8.55. The first-order valence-electron chi connectivity index (χ1n) is 8.87. The lowest BCUT2D eigenvalue weighted by Gasteiger charge is -2.08. The molecule has 0 saturated heterocycles. The molecule has 0 radical (unpaired) electrons. The summed E-state index contributed by atoms with van der Waals surface area (Å²) in [6, 6.07) is 14.2. The van der Waals surface area contributed by atoms with Crippen molar-refractivity contribution in [1.82, 2.24) is 14.6 Å². The molecule has 2 aromatic carbocycles. The fourth-order valence-electron chi connectivity index (χ4n) is 2.91. The number of rotatable bonds is 4. The van der Waals surface area contributed by atoms with E-state index in [0.29, 0.717) is 22.0 Å². The van der Waals surface area contributed by atoms with Gasteiger partial charge in [-0.2, -0.15) is 14.9 Å². The number of fused-ring (bicyclic) bond motifs is 1. The highest BCUT2D eigenvalue weighted by Crippen LogP contribution is 2.34. The Balaban J connectivity index is 1.84. The summed E-state index contributed by atoms with van der Waals surface area (Å²) in [7, 11) is -3.82. The van der Waals surface area contributed by atoms with Gasteiger partial charge in [0.1, 0.15) is 17.5 Å². The van der Waals surface area contributed by atoms with Crippen molar-refractivity contribution in [2.24, 2.45) is 15.4 Å². The molecular formula is C19H14ClN9O2S. The van der Waals surface area contributed by atoms with Gasteiger partial charge in [0.15, 0.2) is 17.2 Å². The van der Waals surface area contributed by atoms with Crippen molar-refractivity contribution in [2.75, 3.05) is 11.5 Å². The van der Waals surface area contributed by atoms with Gasteiger partial charge in [0.05, 0.1) is 16.3 Å². The summed E-state index contributed by atoms with van der Waals surface area (Å²) in [4.78, 5) is 4.45. The van der Waals surface area contributed by atoms with Crippen molar-refractivity contribution in [3.8, 4) is 17.3 Å². The number of nitrogens with two attached hydrogens (primary N) is 3. The molecule has 4 rings (SSSR count). The number of hydrogen-bond acceptors (Lipinski definition) is 9. The van der Waals surface area contributed by atoms with Crippen LogP contribution in [0.1, 0.15) is 5.56 Å². The Labute approximate surface area is 186 Å². The van der Waals surface area contributed by atoms with E-state index in [0.717, 1.165) is 0 Å². The third-order valence-electron chi connectivity index (χ3n) is 4.46. The Morgan fingerprint density at radius 3 is 2.28 bits per heavy atom. The molecule has 0 unspecified atom stereocenters. The zero-order chi connectivity index (χ0) is 23.0. The number of nitriles is 1. The van der Waals surface area contributed by atoms with Gasteiger partial charge in [0, 0.05) is 10.6 Å². The molecule has 32 heavy (non-hydrogen) atoms. The Morgan fingerprint density at radius 2 is 1.69 bits per heavy atom. The van der Waals surface area contributed by atoms with Crippen molar-refractivity contribution in [2.45, 2.75) is 4.90 Å². The molecule has 6 N–H and O–H groups in total. The van der Waals surface area contributed by atoms with E-state index < -0.39 is 10.0 Å². The number of halogens is 1. The van der Waals surface area contributed by atoms with Crippen LogP contribution in [-0.4, -0.2) is 23.0 Å². The number of hydrogen-bond donors (Lipinski definition) is 3. The fraction of sp³-hybridized carbons (Fsp3) is 0. The number of benzene rings is 2. The average Bonchev–Trinajstić information content (AvgIpc) is 3.08. The van der Waals surface area contributed by atoms with Gasteiger partial charge in [0.25, 0.3) is 0 Å². The maximum Gasteiger partial charge on any atom is 0.238 e. The van der Waals surface area contributed by atoms with Crippen LogP contribution < -0.4 is 16.6 Å². The Bertz CT molecular complexity index is 1520. The first-order valence-corrected chi connectivity index (χ1v) is 10.8. The van der Waals surface area contributed by atoms with Crippen molar-refractivity contribution in [1.29, 1.82) is 5.26 Å². The number of sulfonamides is 1. The number of nitrogens with zero attached hydrogens (tertiary/aromatic N) is 6. The van der Waals surface area contributed by atoms with E-state index in [1.54, 1.807) is 24.3 Å². The fourth-order valence-corrected chi connectivity index (χ4v) is 3.55. The van der Waals surface area contributed by atoms with Crippen molar-refractivity contribution in [3.05, 3.63) is 59.1 Å². The van der Waals surface area contributed by atoms with Crippen LogP contribution in [0, 0.1) is 11.3 Å². The molecule has 13 heteroatoms. The van der Waals surface area contributed by atoms with Crippen LogP contribution in [0.3, 0.4) is 0 Å². The molecule has 0 fully saturated rings.